The van der Waals surface area contributed by atoms with Gasteiger partial charge in [0, 0.05) is 16.0 Å². The monoisotopic (exact) mass is 306 g/mol. The average molecular weight is 306 g/mol. The molecule has 2 rings (SSSR count). The zero-order valence-electron chi connectivity index (χ0n) is 11.4. The molecule has 21 heavy (non-hydrogen) atoms. The third-order valence-corrected chi connectivity index (χ3v) is 3.67. The van der Waals surface area contributed by atoms with E-state index in [9.17, 15) is 9.18 Å². The Kier molecular flexibility index (Phi) is 5.19. The minimum atomic E-state index is -0.472. The van der Waals surface area contributed by atoms with E-state index in [1.165, 1.54) is 18.2 Å². The molecule has 2 aromatic rings. The van der Waals surface area contributed by atoms with Gasteiger partial charge in [-0.3, -0.25) is 10.2 Å². The van der Waals surface area contributed by atoms with Crippen molar-refractivity contribution in [2.75, 3.05) is 6.26 Å². The van der Waals surface area contributed by atoms with Gasteiger partial charge < -0.3 is 4.74 Å². The molecule has 0 fully saturated rings. The number of ether oxygens (including phenoxy) is 1. The molecule has 1 amide bonds. The standard InChI is InChI=1S/C15H15FN2O2S/c1-21-14-5-3-2-4-13(14)20-9-11-8-10(15(19)18-17)6-7-12(11)16/h2-8H,9,17H2,1H3,(H,18,19). The molecule has 0 saturated carbocycles. The second-order valence-electron chi connectivity index (χ2n) is 4.22. The van der Waals surface area contributed by atoms with Gasteiger partial charge in [-0.15, -0.1) is 11.8 Å². The minimum Gasteiger partial charge on any atom is -0.488 e. The highest BCUT2D eigenvalue weighted by Crippen LogP contribution is 2.27. The van der Waals surface area contributed by atoms with Gasteiger partial charge in [0.1, 0.15) is 18.2 Å². The van der Waals surface area contributed by atoms with E-state index in [0.717, 1.165) is 4.90 Å². The number of hydrogen-bond donors (Lipinski definition) is 2. The Labute approximate surface area is 126 Å². The highest BCUT2D eigenvalue weighted by molar-refractivity contribution is 7.98. The highest BCUT2D eigenvalue weighted by Gasteiger charge is 2.10. The number of halogens is 1. The summed E-state index contributed by atoms with van der Waals surface area (Å²) in [5.41, 5.74) is 2.60. The molecule has 0 bridgehead atoms. The summed E-state index contributed by atoms with van der Waals surface area (Å²) >= 11 is 1.55. The predicted octanol–water partition coefficient (Wildman–Crippen LogP) is 2.73. The molecule has 0 unspecified atom stereocenters. The van der Waals surface area contributed by atoms with Crippen LogP contribution in [0.3, 0.4) is 0 Å². The van der Waals surface area contributed by atoms with E-state index in [-0.39, 0.29) is 12.2 Å². The van der Waals surface area contributed by atoms with Crippen LogP contribution in [-0.2, 0) is 6.61 Å². The van der Waals surface area contributed by atoms with Crippen LogP contribution < -0.4 is 16.0 Å². The molecule has 4 nitrogen and oxygen atoms in total. The molecule has 0 heterocycles. The lowest BCUT2D eigenvalue weighted by molar-refractivity contribution is 0.0953. The van der Waals surface area contributed by atoms with Crippen LogP contribution in [0.1, 0.15) is 15.9 Å². The van der Waals surface area contributed by atoms with Gasteiger partial charge in [-0.2, -0.15) is 0 Å². The third-order valence-electron chi connectivity index (χ3n) is 2.89. The van der Waals surface area contributed by atoms with Crippen molar-refractivity contribution in [3.05, 3.63) is 59.4 Å². The molecular weight excluding hydrogens is 291 g/mol. The Balaban J connectivity index is 2.17. The van der Waals surface area contributed by atoms with Crippen molar-refractivity contribution in [2.24, 2.45) is 5.84 Å². The molecule has 0 spiro atoms. The smallest absolute Gasteiger partial charge is 0.265 e. The fourth-order valence-corrected chi connectivity index (χ4v) is 2.35. The zero-order chi connectivity index (χ0) is 15.2. The van der Waals surface area contributed by atoms with Crippen molar-refractivity contribution in [1.29, 1.82) is 0 Å². The lowest BCUT2D eigenvalue weighted by Gasteiger charge is -2.11. The molecular formula is C15H15FN2O2S. The molecule has 0 aliphatic heterocycles. The summed E-state index contributed by atoms with van der Waals surface area (Å²) < 4.78 is 19.4. The molecule has 0 aliphatic rings. The van der Waals surface area contributed by atoms with Gasteiger partial charge in [0.25, 0.3) is 5.91 Å². The first-order valence-corrected chi connectivity index (χ1v) is 7.43. The Hall–Kier alpha value is -2.05. The zero-order valence-corrected chi connectivity index (χ0v) is 12.2. The number of amides is 1. The van der Waals surface area contributed by atoms with E-state index < -0.39 is 11.7 Å². The number of hydrogen-bond acceptors (Lipinski definition) is 4. The number of nitrogens with one attached hydrogen (secondary N) is 1. The van der Waals surface area contributed by atoms with Gasteiger partial charge in [0.2, 0.25) is 0 Å². The normalized spacial score (nSPS) is 10.2. The maximum Gasteiger partial charge on any atom is 0.265 e. The van der Waals surface area contributed by atoms with Crippen LogP contribution in [0.25, 0.3) is 0 Å². The van der Waals surface area contributed by atoms with E-state index in [1.54, 1.807) is 11.8 Å². The minimum absolute atomic E-state index is 0.0368. The average Bonchev–Trinajstić information content (AvgIpc) is 2.53. The van der Waals surface area contributed by atoms with Gasteiger partial charge in [0.15, 0.2) is 0 Å². The van der Waals surface area contributed by atoms with Crippen LogP contribution in [0.2, 0.25) is 0 Å². The summed E-state index contributed by atoms with van der Waals surface area (Å²) in [4.78, 5) is 12.4. The molecule has 0 radical (unpaired) electrons. The van der Waals surface area contributed by atoms with Crippen molar-refractivity contribution in [1.82, 2.24) is 5.43 Å². The summed E-state index contributed by atoms with van der Waals surface area (Å²) in [6, 6.07) is 11.5. The van der Waals surface area contributed by atoms with Crippen LogP contribution in [0.4, 0.5) is 4.39 Å². The molecule has 0 atom stereocenters. The van der Waals surface area contributed by atoms with Crippen LogP contribution in [0.5, 0.6) is 5.75 Å². The summed E-state index contributed by atoms with van der Waals surface area (Å²) in [7, 11) is 0. The number of para-hydroxylation sites is 1. The molecule has 6 heteroatoms. The van der Waals surface area contributed by atoms with Crippen molar-refractivity contribution in [3.63, 3.8) is 0 Å². The summed E-state index contributed by atoms with van der Waals surface area (Å²) in [5, 5.41) is 0. The molecule has 2 aromatic carbocycles. The third kappa shape index (κ3) is 3.74. The second-order valence-corrected chi connectivity index (χ2v) is 5.07. The van der Waals surface area contributed by atoms with Crippen LogP contribution in [0, 0.1) is 5.82 Å². The number of nitrogens with two attached hydrogens (primary N) is 1. The van der Waals surface area contributed by atoms with Gasteiger partial charge in [-0.25, -0.2) is 10.2 Å². The lowest BCUT2D eigenvalue weighted by Crippen LogP contribution is -2.30. The van der Waals surface area contributed by atoms with Crippen molar-refractivity contribution in [3.8, 4) is 5.75 Å². The van der Waals surface area contributed by atoms with Crippen molar-refractivity contribution >= 4 is 17.7 Å². The fourth-order valence-electron chi connectivity index (χ4n) is 1.80. The fraction of sp³-hybridized carbons (Fsp3) is 0.133. The predicted molar refractivity (Wildman–Crippen MR) is 80.6 cm³/mol. The summed E-state index contributed by atoms with van der Waals surface area (Å²) in [5.74, 6) is 4.85. The molecule has 110 valence electrons. The van der Waals surface area contributed by atoms with Crippen molar-refractivity contribution < 1.29 is 13.9 Å². The SMILES string of the molecule is CSc1ccccc1OCc1cc(C(=O)NN)ccc1F. The highest BCUT2D eigenvalue weighted by atomic mass is 32.2. The van der Waals surface area contributed by atoms with E-state index >= 15 is 0 Å². The summed E-state index contributed by atoms with van der Waals surface area (Å²) in [6.45, 7) is 0.0368. The molecule has 0 aromatic heterocycles. The van der Waals surface area contributed by atoms with Crippen LogP contribution in [-0.4, -0.2) is 12.2 Å². The molecule has 0 aliphatic carbocycles. The van der Waals surface area contributed by atoms with E-state index in [2.05, 4.69) is 0 Å². The molecule has 0 saturated heterocycles. The second kappa shape index (κ2) is 7.10. The Morgan fingerprint density at radius 1 is 1.33 bits per heavy atom. The van der Waals surface area contributed by atoms with E-state index in [0.29, 0.717) is 11.3 Å². The maximum atomic E-state index is 13.8. The Morgan fingerprint density at radius 2 is 2.10 bits per heavy atom. The van der Waals surface area contributed by atoms with E-state index in [1.807, 2.05) is 35.9 Å². The first-order valence-electron chi connectivity index (χ1n) is 6.21. The van der Waals surface area contributed by atoms with Crippen LogP contribution in [0.15, 0.2) is 47.4 Å². The number of rotatable bonds is 5. The number of benzene rings is 2. The van der Waals surface area contributed by atoms with Gasteiger partial charge in [-0.1, -0.05) is 12.1 Å². The van der Waals surface area contributed by atoms with E-state index in [4.69, 9.17) is 10.6 Å². The summed E-state index contributed by atoms with van der Waals surface area (Å²) in [6.07, 6.45) is 1.94. The Morgan fingerprint density at radius 3 is 2.81 bits per heavy atom. The quantitative estimate of drug-likeness (QED) is 0.386. The number of hydrazine groups is 1. The van der Waals surface area contributed by atoms with Gasteiger partial charge in [-0.05, 0) is 36.6 Å². The largest absolute Gasteiger partial charge is 0.488 e. The number of carbonyl (C=O) groups excluding carboxylic acids is 1. The number of carbonyl (C=O) groups is 1. The lowest BCUT2D eigenvalue weighted by atomic mass is 10.1. The topological polar surface area (TPSA) is 64.3 Å². The molecule has 3 N–H and O–H groups in total. The maximum absolute atomic E-state index is 13.8. The number of nitrogen functional groups attached to an aromatic ring is 1. The first kappa shape index (κ1) is 15.3. The van der Waals surface area contributed by atoms with Gasteiger partial charge >= 0.3 is 0 Å². The Bertz CT molecular complexity index is 649. The first-order chi connectivity index (χ1) is 10.2. The van der Waals surface area contributed by atoms with Crippen LogP contribution >= 0.6 is 11.8 Å². The van der Waals surface area contributed by atoms with Gasteiger partial charge in [0.05, 0.1) is 0 Å². The number of thioether (sulfide) groups is 1. The van der Waals surface area contributed by atoms with Crippen molar-refractivity contribution in [2.45, 2.75) is 11.5 Å².